The number of aryl methyl sites for hydroxylation is 1. The smallest absolute Gasteiger partial charge is 0.128 e. The maximum Gasteiger partial charge on any atom is 0.128 e. The van der Waals surface area contributed by atoms with E-state index >= 15 is 0 Å². The van der Waals surface area contributed by atoms with Gasteiger partial charge in [0.25, 0.3) is 0 Å². The van der Waals surface area contributed by atoms with Crippen LogP contribution >= 0.6 is 15.9 Å². The number of anilines is 1. The lowest BCUT2D eigenvalue weighted by molar-refractivity contribution is 0.0302. The fraction of sp³-hybridized carbons (Fsp3) is 0.583. The molecule has 4 heteroatoms. The molecule has 2 aliphatic heterocycles. The molecule has 0 spiro atoms. The van der Waals surface area contributed by atoms with Gasteiger partial charge in [-0.15, -0.1) is 0 Å². The Morgan fingerprint density at radius 3 is 2.69 bits per heavy atom. The highest BCUT2D eigenvalue weighted by molar-refractivity contribution is 9.10. The fourth-order valence-electron chi connectivity index (χ4n) is 2.50. The zero-order valence-corrected chi connectivity index (χ0v) is 10.9. The lowest BCUT2D eigenvalue weighted by Gasteiger charge is -2.33. The molecule has 0 amide bonds. The van der Waals surface area contributed by atoms with Gasteiger partial charge in [0, 0.05) is 23.8 Å². The molecular weight excluding hydrogens is 268 g/mol. The van der Waals surface area contributed by atoms with Crippen molar-refractivity contribution in [1.82, 2.24) is 4.98 Å². The van der Waals surface area contributed by atoms with Gasteiger partial charge >= 0.3 is 0 Å². The van der Waals surface area contributed by atoms with E-state index in [2.05, 4.69) is 38.8 Å². The molecule has 16 heavy (non-hydrogen) atoms. The van der Waals surface area contributed by atoms with Gasteiger partial charge in [-0.3, -0.25) is 0 Å². The number of nitrogens with zero attached hydrogens (tertiary/aromatic N) is 2. The molecule has 2 fully saturated rings. The second kappa shape index (κ2) is 4.00. The fourth-order valence-corrected chi connectivity index (χ4v) is 2.72. The SMILES string of the molecule is Cc1cc(N2CC3CCC(C2)O3)ncc1Br. The first kappa shape index (κ1) is 10.5. The molecule has 3 nitrogen and oxygen atoms in total. The Morgan fingerprint density at radius 1 is 1.38 bits per heavy atom. The average molecular weight is 283 g/mol. The van der Waals surface area contributed by atoms with Crippen molar-refractivity contribution in [3.63, 3.8) is 0 Å². The molecule has 1 aromatic heterocycles. The quantitative estimate of drug-likeness (QED) is 0.792. The first-order valence-electron chi connectivity index (χ1n) is 5.75. The number of halogens is 1. The van der Waals surface area contributed by atoms with Crippen LogP contribution in [-0.2, 0) is 4.74 Å². The number of hydrogen-bond acceptors (Lipinski definition) is 3. The number of ether oxygens (including phenoxy) is 1. The zero-order valence-electron chi connectivity index (χ0n) is 9.32. The van der Waals surface area contributed by atoms with Crippen molar-refractivity contribution >= 4 is 21.7 Å². The molecule has 3 heterocycles. The number of pyridine rings is 1. The van der Waals surface area contributed by atoms with E-state index in [0.29, 0.717) is 12.2 Å². The van der Waals surface area contributed by atoms with Gasteiger partial charge in [0.2, 0.25) is 0 Å². The normalized spacial score (nSPS) is 28.5. The van der Waals surface area contributed by atoms with Crippen LogP contribution in [0.3, 0.4) is 0 Å². The lowest BCUT2D eigenvalue weighted by atomic mass is 10.2. The minimum atomic E-state index is 0.421. The molecule has 2 aliphatic rings. The van der Waals surface area contributed by atoms with Crippen molar-refractivity contribution in [2.45, 2.75) is 32.0 Å². The Kier molecular flexibility index (Phi) is 2.64. The summed E-state index contributed by atoms with van der Waals surface area (Å²) in [6.45, 7) is 4.08. The molecule has 2 bridgehead atoms. The van der Waals surface area contributed by atoms with Crippen molar-refractivity contribution in [2.24, 2.45) is 0 Å². The molecule has 0 saturated carbocycles. The maximum atomic E-state index is 5.82. The van der Waals surface area contributed by atoms with Crippen LogP contribution in [0.25, 0.3) is 0 Å². The number of aromatic nitrogens is 1. The Bertz CT molecular complexity index is 398. The summed E-state index contributed by atoms with van der Waals surface area (Å²) < 4.78 is 6.90. The van der Waals surface area contributed by atoms with Crippen LogP contribution in [0.5, 0.6) is 0 Å². The molecule has 3 rings (SSSR count). The van der Waals surface area contributed by atoms with Gasteiger partial charge in [-0.2, -0.15) is 0 Å². The molecule has 0 N–H and O–H groups in total. The second-order valence-electron chi connectivity index (χ2n) is 4.65. The number of hydrogen-bond donors (Lipinski definition) is 0. The van der Waals surface area contributed by atoms with Crippen molar-refractivity contribution in [3.05, 3.63) is 22.3 Å². The molecule has 0 radical (unpaired) electrons. The first-order chi connectivity index (χ1) is 7.72. The van der Waals surface area contributed by atoms with Gasteiger partial charge in [0.15, 0.2) is 0 Å². The van der Waals surface area contributed by atoms with E-state index in [1.54, 1.807) is 0 Å². The Labute approximate surface area is 104 Å². The van der Waals surface area contributed by atoms with Crippen molar-refractivity contribution in [3.8, 4) is 0 Å². The van der Waals surface area contributed by atoms with Gasteiger partial charge in [-0.25, -0.2) is 4.98 Å². The van der Waals surface area contributed by atoms with Crippen LogP contribution in [0, 0.1) is 6.92 Å². The van der Waals surface area contributed by atoms with Crippen LogP contribution in [-0.4, -0.2) is 30.3 Å². The monoisotopic (exact) mass is 282 g/mol. The third kappa shape index (κ3) is 1.84. The molecule has 0 aliphatic carbocycles. The summed E-state index contributed by atoms with van der Waals surface area (Å²) in [6.07, 6.45) is 5.14. The molecule has 0 aromatic carbocycles. The van der Waals surface area contributed by atoms with Crippen LogP contribution in [0.2, 0.25) is 0 Å². The summed E-state index contributed by atoms with van der Waals surface area (Å²) in [6, 6.07) is 2.15. The minimum Gasteiger partial charge on any atom is -0.371 e. The lowest BCUT2D eigenvalue weighted by Crippen LogP contribution is -2.43. The van der Waals surface area contributed by atoms with Crippen LogP contribution in [0.4, 0.5) is 5.82 Å². The van der Waals surface area contributed by atoms with Gasteiger partial charge < -0.3 is 9.64 Å². The van der Waals surface area contributed by atoms with E-state index in [9.17, 15) is 0 Å². The molecule has 2 unspecified atom stereocenters. The van der Waals surface area contributed by atoms with Gasteiger partial charge in [-0.05, 0) is 47.3 Å². The predicted octanol–water partition coefficient (Wildman–Crippen LogP) is 2.52. The minimum absolute atomic E-state index is 0.421. The van der Waals surface area contributed by atoms with E-state index in [4.69, 9.17) is 4.74 Å². The molecule has 86 valence electrons. The highest BCUT2D eigenvalue weighted by Gasteiger charge is 2.34. The zero-order chi connectivity index (χ0) is 11.1. The van der Waals surface area contributed by atoms with Crippen molar-refractivity contribution in [2.75, 3.05) is 18.0 Å². The van der Waals surface area contributed by atoms with Crippen LogP contribution in [0.1, 0.15) is 18.4 Å². The molecule has 1 aromatic rings. The van der Waals surface area contributed by atoms with Crippen molar-refractivity contribution in [1.29, 1.82) is 0 Å². The largest absolute Gasteiger partial charge is 0.371 e. The molecule has 2 atom stereocenters. The van der Waals surface area contributed by atoms with E-state index in [1.165, 1.54) is 18.4 Å². The maximum absolute atomic E-state index is 5.82. The van der Waals surface area contributed by atoms with E-state index in [-0.39, 0.29) is 0 Å². The molecular formula is C12H15BrN2O. The second-order valence-corrected chi connectivity index (χ2v) is 5.51. The number of rotatable bonds is 1. The third-order valence-electron chi connectivity index (χ3n) is 3.40. The summed E-state index contributed by atoms with van der Waals surface area (Å²) in [7, 11) is 0. The van der Waals surface area contributed by atoms with E-state index in [1.807, 2.05) is 6.20 Å². The standard InChI is InChI=1S/C12H15BrN2O/c1-8-4-12(14-5-11(8)13)15-6-9-2-3-10(7-15)16-9/h4-5,9-10H,2-3,6-7H2,1H3. The topological polar surface area (TPSA) is 25.4 Å². The highest BCUT2D eigenvalue weighted by atomic mass is 79.9. The van der Waals surface area contributed by atoms with Crippen molar-refractivity contribution < 1.29 is 4.74 Å². The van der Waals surface area contributed by atoms with Crippen LogP contribution in [0.15, 0.2) is 16.7 Å². The third-order valence-corrected chi connectivity index (χ3v) is 4.23. The van der Waals surface area contributed by atoms with E-state index in [0.717, 1.165) is 23.4 Å². The average Bonchev–Trinajstić information content (AvgIpc) is 2.62. The summed E-state index contributed by atoms with van der Waals surface area (Å²) in [4.78, 5) is 6.84. The number of morpholine rings is 1. The Balaban J connectivity index is 1.84. The molecule has 2 saturated heterocycles. The Morgan fingerprint density at radius 2 is 2.06 bits per heavy atom. The summed E-state index contributed by atoms with van der Waals surface area (Å²) in [5.41, 5.74) is 1.24. The van der Waals surface area contributed by atoms with Gasteiger partial charge in [-0.1, -0.05) is 0 Å². The van der Waals surface area contributed by atoms with Crippen LogP contribution < -0.4 is 4.90 Å². The summed E-state index contributed by atoms with van der Waals surface area (Å²) >= 11 is 3.48. The van der Waals surface area contributed by atoms with Gasteiger partial charge in [0.1, 0.15) is 5.82 Å². The summed E-state index contributed by atoms with van der Waals surface area (Å²) in [5.74, 6) is 1.08. The highest BCUT2D eigenvalue weighted by Crippen LogP contribution is 2.29. The Hall–Kier alpha value is -0.610. The summed E-state index contributed by atoms with van der Waals surface area (Å²) in [5, 5.41) is 0. The number of fused-ring (bicyclic) bond motifs is 2. The first-order valence-corrected chi connectivity index (χ1v) is 6.54. The van der Waals surface area contributed by atoms with E-state index < -0.39 is 0 Å². The predicted molar refractivity (Wildman–Crippen MR) is 66.8 cm³/mol. The van der Waals surface area contributed by atoms with Gasteiger partial charge in [0.05, 0.1) is 12.2 Å².